The highest BCUT2D eigenvalue weighted by molar-refractivity contribution is 6.14. The van der Waals surface area contributed by atoms with E-state index in [1.165, 1.54) is 6.21 Å². The van der Waals surface area contributed by atoms with Crippen molar-refractivity contribution in [3.8, 4) is 0 Å². The van der Waals surface area contributed by atoms with E-state index in [1.807, 2.05) is 11.0 Å². The minimum Gasteiger partial charge on any atom is -0.347 e. The van der Waals surface area contributed by atoms with Gasteiger partial charge in [-0.15, -0.1) is 0 Å². The first kappa shape index (κ1) is 21.9. The Hall–Kier alpha value is -3.27. The lowest BCUT2D eigenvalue weighted by molar-refractivity contribution is -0.577. The largest absolute Gasteiger partial charge is 0.416 e. The molecule has 32 heavy (non-hydrogen) atoms. The number of carbonyl (C=O) groups excluding carboxylic acids is 1. The molecule has 0 aliphatic carbocycles. The molecule has 3 N–H and O–H groups in total. The lowest BCUT2D eigenvalue weighted by Crippen LogP contribution is -2.72. The van der Waals surface area contributed by atoms with Crippen LogP contribution in [0.15, 0.2) is 41.5 Å². The second-order valence-corrected chi connectivity index (χ2v) is 8.04. The molecular formula is C22H24F3N6O+. The average molecular weight is 445 g/mol. The number of hydrogen-bond donors (Lipinski definition) is 2. The fraction of sp³-hybridized carbons (Fsp3) is 0.364. The quantitative estimate of drug-likeness (QED) is 0.321. The summed E-state index contributed by atoms with van der Waals surface area (Å²) < 4.78 is 39.9. The second kappa shape index (κ2) is 8.70. The topological polar surface area (TPSA) is 89.3 Å². The number of nitrogens with zero attached hydrogens (tertiary/aromatic N) is 4. The van der Waals surface area contributed by atoms with Gasteiger partial charge in [0.2, 0.25) is 0 Å². The van der Waals surface area contributed by atoms with Crippen LogP contribution in [0.25, 0.3) is 0 Å². The third-order valence-electron chi connectivity index (χ3n) is 5.87. The Morgan fingerprint density at radius 3 is 2.56 bits per heavy atom. The number of halogens is 3. The number of hydrogen-bond acceptors (Lipinski definition) is 5. The normalized spacial score (nSPS) is 20.8. The Bertz CT molecular complexity index is 1040. The minimum absolute atomic E-state index is 0.0832. The summed E-state index contributed by atoms with van der Waals surface area (Å²) in [6, 6.07) is 9.12. The molecule has 2 fully saturated rings. The van der Waals surface area contributed by atoms with Gasteiger partial charge in [0, 0.05) is 43.1 Å². The third-order valence-corrected chi connectivity index (χ3v) is 5.87. The van der Waals surface area contributed by atoms with Gasteiger partial charge in [0.05, 0.1) is 5.56 Å². The molecule has 10 heteroatoms. The van der Waals surface area contributed by atoms with Crippen LogP contribution in [0, 0.1) is 12.3 Å². The lowest BCUT2D eigenvalue weighted by atomic mass is 10.1. The number of anilines is 1. The van der Waals surface area contributed by atoms with Crippen LogP contribution in [0.5, 0.6) is 0 Å². The maximum atomic E-state index is 13.3. The van der Waals surface area contributed by atoms with Crippen LogP contribution in [-0.2, 0) is 6.18 Å². The van der Waals surface area contributed by atoms with Gasteiger partial charge in [-0.2, -0.15) is 18.6 Å². The van der Waals surface area contributed by atoms with Crippen molar-refractivity contribution in [3.05, 3.63) is 53.2 Å². The summed E-state index contributed by atoms with van der Waals surface area (Å²) >= 11 is 0. The number of likely N-dealkylation sites (tertiary alicyclic amines) is 1. The number of alkyl halides is 3. The number of pyridine rings is 1. The molecule has 0 spiro atoms. The van der Waals surface area contributed by atoms with E-state index in [-0.39, 0.29) is 18.0 Å². The molecule has 2 saturated heterocycles. The molecule has 0 saturated carbocycles. The van der Waals surface area contributed by atoms with Crippen LogP contribution >= 0.6 is 0 Å². The molecule has 1 aromatic heterocycles. The van der Waals surface area contributed by atoms with Gasteiger partial charge in [0.15, 0.2) is 5.69 Å². The first-order valence-electron chi connectivity index (χ1n) is 10.4. The zero-order valence-corrected chi connectivity index (χ0v) is 17.5. The monoisotopic (exact) mass is 445 g/mol. The van der Waals surface area contributed by atoms with Crippen molar-refractivity contribution < 1.29 is 23.4 Å². The van der Waals surface area contributed by atoms with E-state index in [0.717, 1.165) is 31.2 Å². The van der Waals surface area contributed by atoms with Gasteiger partial charge in [-0.1, -0.05) is 17.2 Å². The highest BCUT2D eigenvalue weighted by Crippen LogP contribution is 2.38. The summed E-state index contributed by atoms with van der Waals surface area (Å²) in [6.45, 7) is 2.41. The second-order valence-electron chi connectivity index (χ2n) is 8.04. The molecule has 3 heterocycles. The molecule has 168 valence electrons. The van der Waals surface area contributed by atoms with Crippen LogP contribution in [0.3, 0.4) is 0 Å². The van der Waals surface area contributed by atoms with Crippen molar-refractivity contribution in [2.75, 3.05) is 18.0 Å². The standard InChI is InChI=1S/C22H23F3N6O/c1-14-10-15(22(23,24)25)11-20(28-14)31-16-6-7-17(31)13-30(12-16)21(32)18-4-2-3-5-19(18)29-27-9-8-26/h2-5,8-11,16-17,26,29H,6-7,12-13H2,1H3/p+1/b26-8?,27-9-. The summed E-state index contributed by atoms with van der Waals surface area (Å²) in [7, 11) is 0. The zero-order valence-electron chi connectivity index (χ0n) is 17.5. The van der Waals surface area contributed by atoms with Gasteiger partial charge in [-0.3, -0.25) is 4.79 Å². The van der Waals surface area contributed by atoms with E-state index in [9.17, 15) is 18.0 Å². The number of aryl methyl sites for hydroxylation is 1. The van der Waals surface area contributed by atoms with E-state index in [1.54, 1.807) is 35.4 Å². The van der Waals surface area contributed by atoms with Gasteiger partial charge in [-0.05, 0) is 38.0 Å². The van der Waals surface area contributed by atoms with Crippen molar-refractivity contribution in [1.29, 1.82) is 5.41 Å². The van der Waals surface area contributed by atoms with Crippen molar-refractivity contribution in [1.82, 2.24) is 9.88 Å². The van der Waals surface area contributed by atoms with Crippen LogP contribution in [-0.4, -0.2) is 53.4 Å². The lowest BCUT2D eigenvalue weighted by Gasteiger charge is -2.42. The van der Waals surface area contributed by atoms with E-state index in [4.69, 9.17) is 5.41 Å². The van der Waals surface area contributed by atoms with Crippen molar-refractivity contribution in [2.45, 2.75) is 38.0 Å². The average Bonchev–Trinajstić information content (AvgIpc) is 3.02. The first-order chi connectivity index (χ1) is 15.3. The number of carbonyl (C=O) groups is 1. The maximum absolute atomic E-state index is 13.3. The Labute approximate surface area is 183 Å². The molecule has 0 radical (unpaired) electrons. The van der Waals surface area contributed by atoms with Gasteiger partial charge in [-0.25, -0.2) is 4.98 Å². The number of amides is 1. The van der Waals surface area contributed by atoms with Crippen LogP contribution < -0.4 is 10.3 Å². The molecule has 2 aliphatic rings. The molecule has 1 aromatic carbocycles. The van der Waals surface area contributed by atoms with Gasteiger partial charge < -0.3 is 15.2 Å². The summed E-state index contributed by atoms with van der Waals surface area (Å²) in [6.07, 6.45) is -0.461. The Morgan fingerprint density at radius 2 is 1.91 bits per heavy atom. The molecule has 1 amide bonds. The molecule has 2 aromatic rings. The number of nitrogens with two attached hydrogens (primary N) is 1. The number of rotatable bonds is 5. The molecule has 4 rings (SSSR count). The number of benzene rings is 1. The molecule has 2 bridgehead atoms. The van der Waals surface area contributed by atoms with Gasteiger partial charge in [0.25, 0.3) is 5.91 Å². The minimum atomic E-state index is -4.43. The van der Waals surface area contributed by atoms with Crippen molar-refractivity contribution in [3.63, 3.8) is 0 Å². The number of quaternary nitrogens is 1. The molecule has 2 atom stereocenters. The predicted octanol–water partition coefficient (Wildman–Crippen LogP) is 2.73. The summed E-state index contributed by atoms with van der Waals surface area (Å²) in [5.74, 6) is 0.193. The summed E-state index contributed by atoms with van der Waals surface area (Å²) in [5, 5.41) is 11.0. The van der Waals surface area contributed by atoms with Crippen LogP contribution in [0.2, 0.25) is 0 Å². The molecule has 2 aliphatic heterocycles. The number of piperazine rings is 1. The van der Waals surface area contributed by atoms with E-state index < -0.39 is 11.7 Å². The molecule has 7 nitrogen and oxygen atoms in total. The zero-order chi connectivity index (χ0) is 22.9. The first-order valence-corrected chi connectivity index (χ1v) is 10.4. The Kier molecular flexibility index (Phi) is 5.96. The number of fused-ring (bicyclic) bond motifs is 2. The Morgan fingerprint density at radius 1 is 1.22 bits per heavy atom. The van der Waals surface area contributed by atoms with E-state index >= 15 is 0 Å². The van der Waals surface area contributed by atoms with Gasteiger partial charge >= 0.3 is 6.18 Å². The highest BCUT2D eigenvalue weighted by atomic mass is 19.4. The third kappa shape index (κ3) is 4.36. The van der Waals surface area contributed by atoms with Gasteiger partial charge in [0.1, 0.15) is 17.6 Å². The number of nitrogens with one attached hydrogen (secondary N) is 1. The highest BCUT2D eigenvalue weighted by Gasteiger charge is 2.43. The molecule has 2 unspecified atom stereocenters. The fourth-order valence-corrected chi connectivity index (χ4v) is 4.53. The smallest absolute Gasteiger partial charge is 0.347 e. The van der Waals surface area contributed by atoms with Crippen LogP contribution in [0.4, 0.5) is 24.7 Å². The molecular weight excluding hydrogens is 421 g/mol. The SMILES string of the molecule is Cc1cc(C(F)(F)F)cc(N2C3CCC2CN(C(=O)c2ccccc2[NH2+]/N=C\C=N)C3)n1. The van der Waals surface area contributed by atoms with E-state index in [0.29, 0.717) is 35.9 Å². The maximum Gasteiger partial charge on any atom is 0.416 e. The predicted molar refractivity (Wildman–Crippen MR) is 114 cm³/mol. The fourth-order valence-electron chi connectivity index (χ4n) is 4.53. The Balaban J connectivity index is 1.56. The van der Waals surface area contributed by atoms with E-state index in [2.05, 4.69) is 10.1 Å². The number of aromatic nitrogens is 1. The van der Waals surface area contributed by atoms with Crippen molar-refractivity contribution >= 4 is 29.8 Å². The van der Waals surface area contributed by atoms with Crippen molar-refractivity contribution in [2.24, 2.45) is 5.10 Å². The summed E-state index contributed by atoms with van der Waals surface area (Å²) in [5.41, 5.74) is 2.32. The van der Waals surface area contributed by atoms with Crippen LogP contribution in [0.1, 0.15) is 34.5 Å². The summed E-state index contributed by atoms with van der Waals surface area (Å²) in [4.78, 5) is 21.4.